The first kappa shape index (κ1) is 25.7. The molecule has 2 saturated heterocycles. The zero-order valence-electron chi connectivity index (χ0n) is 23.1. The number of hydrogen-bond donors (Lipinski definition) is 1. The van der Waals surface area contributed by atoms with Crippen LogP contribution in [0.4, 0.5) is 0 Å². The highest BCUT2D eigenvalue weighted by atomic mass is 16.5. The normalized spacial score (nSPS) is 48.3. The highest BCUT2D eigenvalue weighted by Crippen LogP contribution is 2.64. The van der Waals surface area contributed by atoms with Crippen molar-refractivity contribution in [2.24, 2.45) is 35.0 Å². The molecule has 2 heteroatoms. The summed E-state index contributed by atoms with van der Waals surface area (Å²) in [4.78, 5) is 0. The highest BCUT2D eigenvalue weighted by molar-refractivity contribution is 5.28. The van der Waals surface area contributed by atoms with Crippen molar-refractivity contribution in [2.45, 2.75) is 143 Å². The lowest BCUT2D eigenvalue weighted by atomic mass is 9.52. The third kappa shape index (κ3) is 4.50. The van der Waals surface area contributed by atoms with Gasteiger partial charge in [0.1, 0.15) is 0 Å². The van der Waals surface area contributed by atoms with Gasteiger partial charge in [-0.1, -0.05) is 65.5 Å². The number of ether oxygens (including phenoxy) is 1. The van der Waals surface area contributed by atoms with Crippen LogP contribution in [0.25, 0.3) is 0 Å². The molecular weight excluding hydrogens is 402 g/mol. The minimum atomic E-state index is 0.148. The molecule has 2 heterocycles. The van der Waals surface area contributed by atoms with Gasteiger partial charge in [0, 0.05) is 6.04 Å². The molecule has 0 amide bonds. The molecule has 6 rings (SSSR count). The van der Waals surface area contributed by atoms with E-state index in [1.165, 1.54) is 83.6 Å². The molecule has 4 aliphatic carbocycles. The number of rotatable bonds is 0. The second-order valence-electron chi connectivity index (χ2n) is 12.5. The van der Waals surface area contributed by atoms with Crippen molar-refractivity contribution in [3.05, 3.63) is 11.1 Å². The third-order valence-electron chi connectivity index (χ3n) is 10.9. The van der Waals surface area contributed by atoms with Crippen LogP contribution in [0.15, 0.2) is 11.1 Å². The minimum Gasteiger partial charge on any atom is -0.370 e. The Morgan fingerprint density at radius 3 is 2.55 bits per heavy atom. The summed E-state index contributed by atoms with van der Waals surface area (Å²) in [7, 11) is 0. The van der Waals surface area contributed by atoms with E-state index in [-0.39, 0.29) is 5.60 Å². The smallest absolute Gasteiger partial charge is 0.0740 e. The van der Waals surface area contributed by atoms with Gasteiger partial charge in [0.25, 0.3) is 0 Å². The van der Waals surface area contributed by atoms with Crippen molar-refractivity contribution in [1.82, 2.24) is 5.32 Å². The molecule has 9 unspecified atom stereocenters. The monoisotopic (exact) mass is 457 g/mol. The summed E-state index contributed by atoms with van der Waals surface area (Å²) in [6.45, 7) is 16.8. The molecule has 0 aromatic rings. The van der Waals surface area contributed by atoms with Gasteiger partial charge in [-0.25, -0.2) is 0 Å². The van der Waals surface area contributed by atoms with Gasteiger partial charge in [0.05, 0.1) is 11.7 Å². The summed E-state index contributed by atoms with van der Waals surface area (Å²) in [6, 6.07) is 0.617. The lowest BCUT2D eigenvalue weighted by Crippen LogP contribution is -2.45. The van der Waals surface area contributed by atoms with Crippen LogP contribution in [-0.2, 0) is 4.74 Å². The van der Waals surface area contributed by atoms with E-state index in [1.54, 1.807) is 5.57 Å². The predicted octanol–water partition coefficient (Wildman–Crippen LogP) is 8.31. The van der Waals surface area contributed by atoms with Gasteiger partial charge >= 0.3 is 0 Å². The highest BCUT2D eigenvalue weighted by Gasteiger charge is 2.57. The number of nitrogens with one attached hydrogen (secondary N) is 1. The van der Waals surface area contributed by atoms with E-state index in [9.17, 15) is 0 Å². The molecule has 9 atom stereocenters. The van der Waals surface area contributed by atoms with Crippen LogP contribution in [0.2, 0.25) is 0 Å². The van der Waals surface area contributed by atoms with Crippen molar-refractivity contribution >= 4 is 0 Å². The van der Waals surface area contributed by atoms with Crippen molar-refractivity contribution < 1.29 is 4.74 Å². The van der Waals surface area contributed by atoms with Gasteiger partial charge in [-0.2, -0.15) is 0 Å². The number of hydrogen-bond acceptors (Lipinski definition) is 2. The topological polar surface area (TPSA) is 21.3 Å². The molecule has 0 bridgehead atoms. The quantitative estimate of drug-likeness (QED) is 0.369. The first-order chi connectivity index (χ1) is 16.0. The van der Waals surface area contributed by atoms with E-state index >= 15 is 0 Å². The Labute approximate surface area is 206 Å². The number of fused-ring (bicyclic) bond motifs is 6. The van der Waals surface area contributed by atoms with Crippen LogP contribution in [0.5, 0.6) is 0 Å². The summed E-state index contributed by atoms with van der Waals surface area (Å²) < 4.78 is 6.92. The van der Waals surface area contributed by atoms with Crippen LogP contribution >= 0.6 is 0 Å². The largest absolute Gasteiger partial charge is 0.370 e. The Bertz CT molecular complexity index is 699. The van der Waals surface area contributed by atoms with E-state index in [4.69, 9.17) is 4.74 Å². The maximum absolute atomic E-state index is 6.92. The van der Waals surface area contributed by atoms with E-state index in [0.29, 0.717) is 17.6 Å². The first-order valence-corrected chi connectivity index (χ1v) is 15.1. The molecule has 2 aliphatic heterocycles. The average molecular weight is 458 g/mol. The molecule has 0 radical (unpaired) electrons. The maximum atomic E-state index is 6.92. The summed E-state index contributed by atoms with van der Waals surface area (Å²) >= 11 is 0. The third-order valence-corrected chi connectivity index (χ3v) is 10.9. The van der Waals surface area contributed by atoms with E-state index in [2.05, 4.69) is 26.1 Å². The minimum absolute atomic E-state index is 0.148. The second-order valence-corrected chi connectivity index (χ2v) is 12.5. The average Bonchev–Trinajstić information content (AvgIpc) is 3.35. The molecule has 1 N–H and O–H groups in total. The molecule has 0 aromatic heterocycles. The van der Waals surface area contributed by atoms with Gasteiger partial charge < -0.3 is 10.1 Å². The fourth-order valence-corrected chi connectivity index (χ4v) is 9.48. The fraction of sp³-hybridized carbons (Fsp3) is 0.935. The standard InChI is InChI=1S/C27H43NO.2C2H6/c1-17-12-25-24(28-16-17)15-27(29-25)11-9-20-21-8-7-19-6-4-5-10-26(19,3)23(21)13-22(20)18(2)14-27;2*1-2/h17,19-21,23-25,28H,4-16H2,1-3H3;2*1-2H3. The molecule has 3 saturated carbocycles. The van der Waals surface area contributed by atoms with E-state index in [1.807, 2.05) is 33.3 Å². The predicted molar refractivity (Wildman–Crippen MR) is 141 cm³/mol. The van der Waals surface area contributed by atoms with Crippen molar-refractivity contribution in [3.8, 4) is 0 Å². The van der Waals surface area contributed by atoms with Gasteiger partial charge in [-0.15, -0.1) is 0 Å². The Morgan fingerprint density at radius 1 is 0.970 bits per heavy atom. The number of allylic oxidation sites excluding steroid dienone is 1. The Kier molecular flexibility index (Phi) is 8.06. The molecule has 5 fully saturated rings. The SMILES string of the molecule is CC.CC.CC1=C2CC3C(CCC4CCCCC43C)C2CCC2(C1)CC1NCC(C)CC1O2. The van der Waals surface area contributed by atoms with Gasteiger partial charge in [0.2, 0.25) is 0 Å². The van der Waals surface area contributed by atoms with Crippen LogP contribution in [-0.4, -0.2) is 24.3 Å². The molecule has 190 valence electrons. The molecule has 33 heavy (non-hydrogen) atoms. The summed E-state index contributed by atoms with van der Waals surface area (Å²) in [5.74, 6) is 4.65. The van der Waals surface area contributed by atoms with Crippen molar-refractivity contribution in [1.29, 1.82) is 0 Å². The van der Waals surface area contributed by atoms with Gasteiger partial charge in [-0.3, -0.25) is 0 Å². The van der Waals surface area contributed by atoms with Gasteiger partial charge in [0.15, 0.2) is 0 Å². The fourth-order valence-electron chi connectivity index (χ4n) is 9.48. The maximum Gasteiger partial charge on any atom is 0.0740 e. The zero-order valence-corrected chi connectivity index (χ0v) is 23.1. The van der Waals surface area contributed by atoms with E-state index in [0.717, 1.165) is 29.6 Å². The second kappa shape index (κ2) is 10.3. The van der Waals surface area contributed by atoms with E-state index < -0.39 is 0 Å². The lowest BCUT2D eigenvalue weighted by molar-refractivity contribution is -0.0641. The molecule has 1 spiro atoms. The lowest BCUT2D eigenvalue weighted by Gasteiger charge is -2.52. The Hall–Kier alpha value is -0.340. The zero-order chi connectivity index (χ0) is 23.8. The summed E-state index contributed by atoms with van der Waals surface area (Å²) in [5.41, 5.74) is 4.44. The number of piperidine rings is 1. The van der Waals surface area contributed by atoms with Crippen molar-refractivity contribution in [3.63, 3.8) is 0 Å². The molecule has 2 nitrogen and oxygen atoms in total. The Morgan fingerprint density at radius 2 is 1.76 bits per heavy atom. The molecular formula is C31H55NO. The summed E-state index contributed by atoms with van der Waals surface area (Å²) in [5, 5.41) is 3.83. The summed E-state index contributed by atoms with van der Waals surface area (Å²) in [6.07, 6.45) is 17.4. The van der Waals surface area contributed by atoms with Crippen molar-refractivity contribution in [2.75, 3.05) is 6.54 Å². The van der Waals surface area contributed by atoms with Gasteiger partial charge in [-0.05, 0) is 113 Å². The first-order valence-electron chi connectivity index (χ1n) is 15.1. The van der Waals surface area contributed by atoms with Crippen LogP contribution in [0.3, 0.4) is 0 Å². The molecule has 6 aliphatic rings. The van der Waals surface area contributed by atoms with Crippen LogP contribution < -0.4 is 5.32 Å². The molecule has 0 aromatic carbocycles. The van der Waals surface area contributed by atoms with Crippen LogP contribution in [0.1, 0.15) is 126 Å². The Balaban J connectivity index is 0.000000617. The van der Waals surface area contributed by atoms with Crippen LogP contribution in [0, 0.1) is 35.0 Å².